The van der Waals surface area contributed by atoms with Crippen molar-refractivity contribution in [3.05, 3.63) is 99.3 Å². The van der Waals surface area contributed by atoms with Crippen LogP contribution < -0.4 is 10.5 Å². The molecule has 0 aliphatic carbocycles. The molecule has 7 heteroatoms. The summed E-state index contributed by atoms with van der Waals surface area (Å²) in [6, 6.07) is 23.8. The Kier molecular flexibility index (Phi) is 6.67. The lowest BCUT2D eigenvalue weighted by Gasteiger charge is -2.29. The molecule has 1 fully saturated rings. The van der Waals surface area contributed by atoms with Crippen molar-refractivity contribution in [1.29, 1.82) is 0 Å². The van der Waals surface area contributed by atoms with Crippen molar-refractivity contribution in [2.75, 3.05) is 31.2 Å². The Morgan fingerprint density at radius 1 is 0.939 bits per heavy atom. The molecule has 1 aliphatic heterocycles. The van der Waals surface area contributed by atoms with Gasteiger partial charge in [-0.3, -0.25) is 9.36 Å². The van der Waals surface area contributed by atoms with Crippen LogP contribution in [0, 0.1) is 0 Å². The van der Waals surface area contributed by atoms with Gasteiger partial charge in [0.1, 0.15) is 0 Å². The fraction of sp³-hybridized carbons (Fsp3) is 0.231. The molecule has 1 aromatic heterocycles. The number of hydrogen-bond acceptors (Lipinski definition) is 5. The summed E-state index contributed by atoms with van der Waals surface area (Å²) < 4.78 is 7.26. The van der Waals surface area contributed by atoms with Gasteiger partial charge in [0.25, 0.3) is 5.56 Å². The summed E-state index contributed by atoms with van der Waals surface area (Å²) in [5.41, 5.74) is 3.89. The summed E-state index contributed by atoms with van der Waals surface area (Å²) in [6.45, 7) is 3.53. The summed E-state index contributed by atoms with van der Waals surface area (Å²) >= 11 is 7.71. The molecule has 0 spiro atoms. The van der Waals surface area contributed by atoms with Crippen LogP contribution in [0.3, 0.4) is 0 Å². The number of halogens is 1. The minimum Gasteiger partial charge on any atom is -0.378 e. The van der Waals surface area contributed by atoms with Crippen LogP contribution in [0.15, 0.2) is 82.7 Å². The first-order valence-electron chi connectivity index (χ1n) is 11.0. The second-order valence-corrected chi connectivity index (χ2v) is 9.37. The number of benzene rings is 3. The Morgan fingerprint density at radius 3 is 2.52 bits per heavy atom. The van der Waals surface area contributed by atoms with Crippen molar-refractivity contribution in [2.24, 2.45) is 0 Å². The highest BCUT2D eigenvalue weighted by Gasteiger charge is 2.16. The van der Waals surface area contributed by atoms with Gasteiger partial charge in [-0.1, -0.05) is 65.8 Å². The second kappa shape index (κ2) is 10.00. The number of thioether (sulfide) groups is 1. The van der Waals surface area contributed by atoms with E-state index in [1.807, 2.05) is 72.8 Å². The SMILES string of the molecule is O=c1c2cc(N3CCOCC3)ccc2nc(SCc2cccc(Cl)c2)n1Cc1ccccc1. The van der Waals surface area contributed by atoms with Gasteiger partial charge >= 0.3 is 0 Å². The molecule has 0 N–H and O–H groups in total. The molecule has 5 nitrogen and oxygen atoms in total. The Bertz CT molecular complexity index is 1320. The van der Waals surface area contributed by atoms with Crippen molar-refractivity contribution in [3.8, 4) is 0 Å². The molecule has 0 bridgehead atoms. The zero-order valence-electron chi connectivity index (χ0n) is 18.1. The van der Waals surface area contributed by atoms with Crippen molar-refractivity contribution in [3.63, 3.8) is 0 Å². The van der Waals surface area contributed by atoms with E-state index in [9.17, 15) is 4.79 Å². The highest BCUT2D eigenvalue weighted by Crippen LogP contribution is 2.26. The predicted octanol–water partition coefficient (Wildman–Crippen LogP) is 5.23. The van der Waals surface area contributed by atoms with Crippen LogP contribution >= 0.6 is 23.4 Å². The average molecular weight is 478 g/mol. The van der Waals surface area contributed by atoms with E-state index in [1.54, 1.807) is 16.3 Å². The monoisotopic (exact) mass is 477 g/mol. The van der Waals surface area contributed by atoms with Crippen LogP contribution in [-0.2, 0) is 17.0 Å². The van der Waals surface area contributed by atoms with E-state index in [4.69, 9.17) is 21.3 Å². The van der Waals surface area contributed by atoms with E-state index in [2.05, 4.69) is 4.90 Å². The minimum atomic E-state index is -0.0208. The Hall–Kier alpha value is -2.80. The number of ether oxygens (including phenoxy) is 1. The normalized spacial score (nSPS) is 14.0. The lowest BCUT2D eigenvalue weighted by atomic mass is 10.2. The smallest absolute Gasteiger partial charge is 0.262 e. The van der Waals surface area contributed by atoms with E-state index >= 15 is 0 Å². The quantitative estimate of drug-likeness (QED) is 0.281. The van der Waals surface area contributed by atoms with Crippen LogP contribution in [0.1, 0.15) is 11.1 Å². The first-order valence-corrected chi connectivity index (χ1v) is 12.3. The van der Waals surface area contributed by atoms with Crippen LogP contribution in [0.5, 0.6) is 0 Å². The van der Waals surface area contributed by atoms with Crippen molar-refractivity contribution < 1.29 is 4.74 Å². The molecule has 0 radical (unpaired) electrons. The van der Waals surface area contributed by atoms with E-state index in [0.717, 1.165) is 35.4 Å². The molecular weight excluding hydrogens is 454 g/mol. The molecular formula is C26H24ClN3O2S. The first kappa shape index (κ1) is 22.0. The average Bonchev–Trinajstić information content (AvgIpc) is 2.86. The highest BCUT2D eigenvalue weighted by molar-refractivity contribution is 7.98. The van der Waals surface area contributed by atoms with Crippen molar-refractivity contribution in [1.82, 2.24) is 9.55 Å². The van der Waals surface area contributed by atoms with Crippen molar-refractivity contribution >= 4 is 40.0 Å². The van der Waals surface area contributed by atoms with E-state index in [0.29, 0.717) is 41.1 Å². The third-order valence-corrected chi connectivity index (χ3v) is 7.00. The van der Waals surface area contributed by atoms with Crippen molar-refractivity contribution in [2.45, 2.75) is 17.5 Å². The molecule has 1 aliphatic rings. The molecule has 1 saturated heterocycles. The second-order valence-electron chi connectivity index (χ2n) is 7.99. The van der Waals surface area contributed by atoms with Gasteiger partial charge in [0, 0.05) is 29.6 Å². The van der Waals surface area contributed by atoms with Gasteiger partial charge in [-0.05, 0) is 41.5 Å². The molecule has 2 heterocycles. The summed E-state index contributed by atoms with van der Waals surface area (Å²) in [4.78, 5) is 20.9. The number of nitrogens with zero attached hydrogens (tertiary/aromatic N) is 3. The summed E-state index contributed by atoms with van der Waals surface area (Å²) in [6.07, 6.45) is 0. The first-order chi connectivity index (χ1) is 16.2. The fourth-order valence-corrected chi connectivity index (χ4v) is 5.15. The number of fused-ring (bicyclic) bond motifs is 1. The lowest BCUT2D eigenvalue weighted by Crippen LogP contribution is -2.36. The Labute approximate surface area is 202 Å². The van der Waals surface area contributed by atoms with Gasteiger partial charge < -0.3 is 9.64 Å². The number of hydrogen-bond donors (Lipinski definition) is 0. The largest absolute Gasteiger partial charge is 0.378 e. The molecule has 0 unspecified atom stereocenters. The van der Waals surface area contributed by atoms with Gasteiger partial charge in [-0.25, -0.2) is 4.98 Å². The summed E-state index contributed by atoms with van der Waals surface area (Å²) in [5, 5.41) is 2.05. The third kappa shape index (κ3) is 5.08. The maximum atomic E-state index is 13.7. The van der Waals surface area contributed by atoms with Crippen LogP contribution in [-0.4, -0.2) is 35.9 Å². The van der Waals surface area contributed by atoms with E-state index in [-0.39, 0.29) is 5.56 Å². The molecule has 4 aromatic rings. The standard InChI is InChI=1S/C26H24ClN3O2S/c27-21-8-4-7-20(15-21)18-33-26-28-24-10-9-22(29-11-13-32-14-12-29)16-23(24)25(31)30(26)17-19-5-2-1-3-6-19/h1-10,15-16H,11-14,17-18H2. The molecule has 0 amide bonds. The number of rotatable bonds is 6. The Morgan fingerprint density at radius 2 is 1.73 bits per heavy atom. The minimum absolute atomic E-state index is 0.0208. The molecule has 5 rings (SSSR count). The van der Waals surface area contributed by atoms with Crippen LogP contribution in [0.2, 0.25) is 5.02 Å². The topological polar surface area (TPSA) is 47.4 Å². The lowest BCUT2D eigenvalue weighted by molar-refractivity contribution is 0.122. The van der Waals surface area contributed by atoms with Crippen LogP contribution in [0.25, 0.3) is 10.9 Å². The van der Waals surface area contributed by atoms with E-state index in [1.165, 1.54) is 0 Å². The van der Waals surface area contributed by atoms with Crippen LogP contribution in [0.4, 0.5) is 5.69 Å². The summed E-state index contributed by atoms with van der Waals surface area (Å²) in [7, 11) is 0. The van der Waals surface area contributed by atoms with E-state index < -0.39 is 0 Å². The zero-order chi connectivity index (χ0) is 22.6. The summed E-state index contributed by atoms with van der Waals surface area (Å²) in [5.74, 6) is 0.680. The number of aromatic nitrogens is 2. The number of morpholine rings is 1. The fourth-order valence-electron chi connectivity index (χ4n) is 4.00. The van der Waals surface area contributed by atoms with Gasteiger partial charge in [-0.2, -0.15) is 0 Å². The van der Waals surface area contributed by atoms with Gasteiger partial charge in [0.05, 0.1) is 30.7 Å². The third-order valence-electron chi connectivity index (χ3n) is 5.72. The molecule has 0 saturated carbocycles. The zero-order valence-corrected chi connectivity index (χ0v) is 19.7. The molecule has 33 heavy (non-hydrogen) atoms. The van der Waals surface area contributed by atoms with Gasteiger partial charge in [0.15, 0.2) is 5.16 Å². The maximum absolute atomic E-state index is 13.7. The maximum Gasteiger partial charge on any atom is 0.262 e. The predicted molar refractivity (Wildman–Crippen MR) is 136 cm³/mol. The molecule has 168 valence electrons. The van der Waals surface area contributed by atoms with Gasteiger partial charge in [-0.15, -0.1) is 0 Å². The Balaban J connectivity index is 1.55. The molecule has 3 aromatic carbocycles. The van der Waals surface area contributed by atoms with Gasteiger partial charge in [0.2, 0.25) is 0 Å². The number of anilines is 1. The molecule has 0 atom stereocenters. The highest BCUT2D eigenvalue weighted by atomic mass is 35.5.